The van der Waals surface area contributed by atoms with Crippen molar-refractivity contribution in [2.24, 2.45) is 0 Å². The van der Waals surface area contributed by atoms with Gasteiger partial charge in [-0.05, 0) is 37.2 Å². The average molecular weight is 281 g/mol. The number of aromatic amines is 1. The predicted octanol–water partition coefficient (Wildman–Crippen LogP) is 5.25. The molecule has 0 aliphatic heterocycles. The van der Waals surface area contributed by atoms with Crippen LogP contribution in [-0.4, -0.2) is 9.55 Å². The fourth-order valence-corrected chi connectivity index (χ4v) is 3.62. The van der Waals surface area contributed by atoms with Gasteiger partial charge in [0, 0.05) is 6.04 Å². The largest absolute Gasteiger partial charge is 0.331 e. The number of benzene rings is 1. The summed E-state index contributed by atoms with van der Waals surface area (Å²) in [6, 6.07) is 6.46. The number of halogens is 1. The molecule has 2 aromatic rings. The Morgan fingerprint density at radius 1 is 1.17 bits per heavy atom. The number of aromatic nitrogens is 2. The molecular weight excluding hydrogens is 264 g/mol. The van der Waals surface area contributed by atoms with Gasteiger partial charge in [0.15, 0.2) is 4.77 Å². The molecule has 0 saturated heterocycles. The van der Waals surface area contributed by atoms with Gasteiger partial charge < -0.3 is 9.55 Å². The molecule has 1 aliphatic rings. The first kappa shape index (κ1) is 12.2. The highest BCUT2D eigenvalue weighted by atomic mass is 35.5. The second kappa shape index (κ2) is 5.06. The number of nitrogens with one attached hydrogen (secondary N) is 1. The van der Waals surface area contributed by atoms with E-state index in [0.29, 0.717) is 6.04 Å². The van der Waals surface area contributed by atoms with Gasteiger partial charge in [-0.25, -0.2) is 0 Å². The van der Waals surface area contributed by atoms with E-state index in [4.69, 9.17) is 23.8 Å². The monoisotopic (exact) mass is 280 g/mol. The Morgan fingerprint density at radius 2 is 1.89 bits per heavy atom. The van der Waals surface area contributed by atoms with Gasteiger partial charge in [0.1, 0.15) is 0 Å². The van der Waals surface area contributed by atoms with Crippen LogP contribution in [-0.2, 0) is 0 Å². The highest BCUT2D eigenvalue weighted by Crippen LogP contribution is 2.33. The van der Waals surface area contributed by atoms with Gasteiger partial charge in [0.05, 0.1) is 16.1 Å². The Kier molecular flexibility index (Phi) is 3.44. The minimum absolute atomic E-state index is 0.508. The van der Waals surface area contributed by atoms with E-state index in [0.717, 1.165) is 20.8 Å². The molecule has 1 aromatic carbocycles. The minimum atomic E-state index is 0.508. The Hall–Kier alpha value is -0.800. The Bertz CT molecular complexity index is 606. The van der Waals surface area contributed by atoms with Crippen molar-refractivity contribution in [2.45, 2.75) is 44.6 Å². The van der Waals surface area contributed by atoms with Gasteiger partial charge >= 0.3 is 0 Å². The first-order valence-electron chi connectivity index (χ1n) is 6.66. The number of H-pyrrole nitrogens is 1. The molecule has 18 heavy (non-hydrogen) atoms. The van der Waals surface area contributed by atoms with E-state index < -0.39 is 0 Å². The average Bonchev–Trinajstić information content (AvgIpc) is 2.54. The standard InChI is InChI=1S/C14H17ClN2S/c15-11-8-5-9-12-13(11)17(14(18)16-12)10-6-3-1-2-4-7-10/h5,8-10H,1-4,6-7H2,(H,16,18). The second-order valence-electron chi connectivity index (χ2n) is 5.08. The summed E-state index contributed by atoms with van der Waals surface area (Å²) in [6.07, 6.45) is 7.71. The summed E-state index contributed by atoms with van der Waals surface area (Å²) < 4.78 is 3.06. The van der Waals surface area contributed by atoms with Gasteiger partial charge in [-0.15, -0.1) is 0 Å². The number of para-hydroxylation sites is 1. The molecule has 4 heteroatoms. The quantitative estimate of drug-likeness (QED) is 0.559. The molecule has 1 saturated carbocycles. The van der Waals surface area contributed by atoms with Crippen LogP contribution >= 0.6 is 23.8 Å². The summed E-state index contributed by atoms with van der Waals surface area (Å²) in [6.45, 7) is 0. The highest BCUT2D eigenvalue weighted by molar-refractivity contribution is 7.71. The fourth-order valence-electron chi connectivity index (χ4n) is 3.00. The van der Waals surface area contributed by atoms with Gasteiger partial charge in [0.2, 0.25) is 0 Å². The number of nitrogens with zero attached hydrogens (tertiary/aromatic N) is 1. The zero-order chi connectivity index (χ0) is 12.5. The number of hydrogen-bond donors (Lipinski definition) is 1. The van der Waals surface area contributed by atoms with Crippen LogP contribution in [0.3, 0.4) is 0 Å². The summed E-state index contributed by atoms with van der Waals surface area (Å²) in [7, 11) is 0. The van der Waals surface area contributed by atoms with Crippen LogP contribution in [0.25, 0.3) is 11.0 Å². The van der Waals surface area contributed by atoms with Crippen molar-refractivity contribution in [3.8, 4) is 0 Å². The smallest absolute Gasteiger partial charge is 0.178 e. The predicted molar refractivity (Wildman–Crippen MR) is 78.9 cm³/mol. The molecule has 1 fully saturated rings. The van der Waals surface area contributed by atoms with Crippen molar-refractivity contribution in [1.29, 1.82) is 0 Å². The Labute approximate surface area is 117 Å². The van der Waals surface area contributed by atoms with Crippen LogP contribution in [0.5, 0.6) is 0 Å². The molecule has 3 rings (SSSR count). The van der Waals surface area contributed by atoms with Crippen LogP contribution in [0, 0.1) is 4.77 Å². The zero-order valence-electron chi connectivity index (χ0n) is 10.3. The van der Waals surface area contributed by atoms with E-state index >= 15 is 0 Å². The number of imidazole rings is 1. The van der Waals surface area contributed by atoms with Crippen molar-refractivity contribution in [1.82, 2.24) is 9.55 Å². The SMILES string of the molecule is S=c1[nH]c2cccc(Cl)c2n1C1CCCCCC1. The first-order valence-corrected chi connectivity index (χ1v) is 7.45. The molecule has 2 nitrogen and oxygen atoms in total. The third kappa shape index (κ3) is 2.10. The van der Waals surface area contributed by atoms with Crippen molar-refractivity contribution in [3.05, 3.63) is 28.0 Å². The topological polar surface area (TPSA) is 20.7 Å². The van der Waals surface area contributed by atoms with Crippen LogP contribution in [0.1, 0.15) is 44.6 Å². The van der Waals surface area contributed by atoms with Crippen molar-refractivity contribution in [3.63, 3.8) is 0 Å². The maximum atomic E-state index is 6.35. The maximum absolute atomic E-state index is 6.35. The molecule has 0 unspecified atom stereocenters. The summed E-state index contributed by atoms with van der Waals surface area (Å²) in [5.74, 6) is 0. The number of rotatable bonds is 1. The Morgan fingerprint density at radius 3 is 2.61 bits per heavy atom. The van der Waals surface area contributed by atoms with Gasteiger partial charge in [-0.3, -0.25) is 0 Å². The van der Waals surface area contributed by atoms with Crippen LogP contribution in [0.2, 0.25) is 5.02 Å². The summed E-state index contributed by atoms with van der Waals surface area (Å²) >= 11 is 11.8. The maximum Gasteiger partial charge on any atom is 0.178 e. The first-order chi connectivity index (χ1) is 8.77. The van der Waals surface area contributed by atoms with E-state index in [-0.39, 0.29) is 0 Å². The summed E-state index contributed by atoms with van der Waals surface area (Å²) in [5.41, 5.74) is 2.13. The summed E-state index contributed by atoms with van der Waals surface area (Å²) in [5, 5.41) is 0.795. The fraction of sp³-hybridized carbons (Fsp3) is 0.500. The lowest BCUT2D eigenvalue weighted by atomic mass is 10.1. The molecule has 1 heterocycles. The van der Waals surface area contributed by atoms with E-state index in [1.54, 1.807) is 0 Å². The molecule has 1 N–H and O–H groups in total. The van der Waals surface area contributed by atoms with Gasteiger partial charge in [-0.2, -0.15) is 0 Å². The lowest BCUT2D eigenvalue weighted by Crippen LogP contribution is -2.08. The van der Waals surface area contributed by atoms with E-state index in [9.17, 15) is 0 Å². The van der Waals surface area contributed by atoms with E-state index in [2.05, 4.69) is 9.55 Å². The Balaban J connectivity index is 2.15. The van der Waals surface area contributed by atoms with E-state index in [1.165, 1.54) is 38.5 Å². The molecular formula is C14H17ClN2S. The van der Waals surface area contributed by atoms with Gasteiger partial charge in [-0.1, -0.05) is 43.4 Å². The van der Waals surface area contributed by atoms with Crippen LogP contribution in [0.4, 0.5) is 0 Å². The normalized spacial score (nSPS) is 18.1. The lowest BCUT2D eigenvalue weighted by Gasteiger charge is -2.17. The number of hydrogen-bond acceptors (Lipinski definition) is 1. The van der Waals surface area contributed by atoms with Crippen molar-refractivity contribution >= 4 is 34.9 Å². The van der Waals surface area contributed by atoms with Crippen molar-refractivity contribution < 1.29 is 0 Å². The lowest BCUT2D eigenvalue weighted by molar-refractivity contribution is 0.450. The summed E-state index contributed by atoms with van der Waals surface area (Å²) in [4.78, 5) is 3.28. The molecule has 0 amide bonds. The highest BCUT2D eigenvalue weighted by Gasteiger charge is 2.18. The molecule has 1 aliphatic carbocycles. The molecule has 0 radical (unpaired) electrons. The van der Waals surface area contributed by atoms with Gasteiger partial charge in [0.25, 0.3) is 0 Å². The van der Waals surface area contributed by atoms with Crippen LogP contribution < -0.4 is 0 Å². The molecule has 96 valence electrons. The third-order valence-electron chi connectivity index (χ3n) is 3.88. The molecule has 1 aromatic heterocycles. The molecule has 0 bridgehead atoms. The number of fused-ring (bicyclic) bond motifs is 1. The third-order valence-corrected chi connectivity index (χ3v) is 4.48. The minimum Gasteiger partial charge on any atom is -0.331 e. The van der Waals surface area contributed by atoms with E-state index in [1.807, 2.05) is 18.2 Å². The molecule has 0 spiro atoms. The van der Waals surface area contributed by atoms with Crippen LogP contribution in [0.15, 0.2) is 18.2 Å². The van der Waals surface area contributed by atoms with Crippen molar-refractivity contribution in [2.75, 3.05) is 0 Å². The zero-order valence-corrected chi connectivity index (χ0v) is 11.9. The molecule has 0 atom stereocenters. The second-order valence-corrected chi connectivity index (χ2v) is 5.88.